The van der Waals surface area contributed by atoms with E-state index in [1.165, 1.54) is 0 Å². The van der Waals surface area contributed by atoms with Gasteiger partial charge >= 0.3 is 0 Å². The van der Waals surface area contributed by atoms with Crippen LogP contribution in [0.2, 0.25) is 0 Å². The molecule has 18 heavy (non-hydrogen) atoms. The number of nitrogens with zero attached hydrogens (tertiary/aromatic N) is 2. The summed E-state index contributed by atoms with van der Waals surface area (Å²) >= 11 is 0. The smallest absolute Gasteiger partial charge is 0.272 e. The van der Waals surface area contributed by atoms with Crippen molar-refractivity contribution >= 4 is 5.91 Å². The summed E-state index contributed by atoms with van der Waals surface area (Å²) in [4.78, 5) is 16.0. The molecule has 0 aliphatic carbocycles. The normalized spacial score (nSPS) is 12.4. The molecule has 0 saturated carbocycles. The van der Waals surface area contributed by atoms with Crippen molar-refractivity contribution in [1.82, 2.24) is 20.5 Å². The molecule has 0 fully saturated rings. The number of hydrogen-bond acceptors (Lipinski definition) is 4. The molecule has 6 nitrogen and oxygen atoms in total. The van der Waals surface area contributed by atoms with E-state index in [-0.39, 0.29) is 11.9 Å². The van der Waals surface area contributed by atoms with Crippen molar-refractivity contribution in [1.29, 1.82) is 0 Å². The van der Waals surface area contributed by atoms with Crippen LogP contribution in [-0.2, 0) is 6.42 Å². The zero-order valence-corrected chi connectivity index (χ0v) is 10.7. The number of amides is 1. The molecule has 1 atom stereocenters. The highest BCUT2D eigenvalue weighted by atomic mass is 16.4. The molecule has 0 aliphatic heterocycles. The number of carbonyl (C=O) groups excluding carboxylic acids is 1. The molecule has 2 rings (SSSR count). The molecule has 2 N–H and O–H groups in total. The molecule has 0 radical (unpaired) electrons. The van der Waals surface area contributed by atoms with E-state index in [9.17, 15) is 4.79 Å². The van der Waals surface area contributed by atoms with Crippen molar-refractivity contribution in [3.8, 4) is 0 Å². The van der Waals surface area contributed by atoms with Gasteiger partial charge in [0.25, 0.3) is 5.91 Å². The van der Waals surface area contributed by atoms with Crippen LogP contribution in [0.4, 0.5) is 0 Å². The lowest BCUT2D eigenvalue weighted by atomic mass is 10.2. The molecule has 1 unspecified atom stereocenters. The minimum Gasteiger partial charge on any atom is -0.444 e. The Bertz CT molecular complexity index is 544. The van der Waals surface area contributed by atoms with Crippen LogP contribution in [0.5, 0.6) is 0 Å². The van der Waals surface area contributed by atoms with Gasteiger partial charge in [-0.3, -0.25) is 9.89 Å². The lowest BCUT2D eigenvalue weighted by Crippen LogP contribution is -2.27. The van der Waals surface area contributed by atoms with Crippen molar-refractivity contribution in [2.45, 2.75) is 33.2 Å². The molecular formula is C12H16N4O2. The van der Waals surface area contributed by atoms with Crippen molar-refractivity contribution in [3.05, 3.63) is 35.3 Å². The van der Waals surface area contributed by atoms with Crippen LogP contribution in [0.3, 0.4) is 0 Å². The summed E-state index contributed by atoms with van der Waals surface area (Å²) in [7, 11) is 0. The summed E-state index contributed by atoms with van der Waals surface area (Å²) in [6.07, 6.45) is 2.44. The van der Waals surface area contributed by atoms with Gasteiger partial charge in [0.05, 0.1) is 6.20 Å². The summed E-state index contributed by atoms with van der Waals surface area (Å²) in [6, 6.07) is 1.45. The van der Waals surface area contributed by atoms with Crippen LogP contribution in [0.1, 0.15) is 47.7 Å². The third-order valence-electron chi connectivity index (χ3n) is 2.60. The second kappa shape index (κ2) is 5.03. The number of hydrogen-bond donors (Lipinski definition) is 2. The van der Waals surface area contributed by atoms with E-state index in [0.29, 0.717) is 11.6 Å². The Morgan fingerprint density at radius 3 is 2.94 bits per heavy atom. The average Bonchev–Trinajstić information content (AvgIpc) is 2.97. The molecule has 0 saturated heterocycles. The van der Waals surface area contributed by atoms with Crippen molar-refractivity contribution in [2.24, 2.45) is 0 Å². The van der Waals surface area contributed by atoms with E-state index < -0.39 is 0 Å². The number of carbonyl (C=O) groups is 1. The number of rotatable bonds is 4. The molecule has 0 bridgehead atoms. The Morgan fingerprint density at radius 1 is 1.61 bits per heavy atom. The van der Waals surface area contributed by atoms with E-state index >= 15 is 0 Å². The van der Waals surface area contributed by atoms with Crippen LogP contribution in [0.15, 0.2) is 16.7 Å². The summed E-state index contributed by atoms with van der Waals surface area (Å²) in [5, 5.41) is 9.54. The molecule has 2 heterocycles. The fourth-order valence-electron chi connectivity index (χ4n) is 1.56. The fourth-order valence-corrected chi connectivity index (χ4v) is 1.56. The summed E-state index contributed by atoms with van der Waals surface area (Å²) in [5.41, 5.74) is 1.31. The van der Waals surface area contributed by atoms with Crippen molar-refractivity contribution in [3.63, 3.8) is 0 Å². The number of aromatic amines is 1. The van der Waals surface area contributed by atoms with Crippen LogP contribution >= 0.6 is 0 Å². The zero-order valence-electron chi connectivity index (χ0n) is 10.7. The summed E-state index contributed by atoms with van der Waals surface area (Å²) in [5.74, 6) is 0.973. The third kappa shape index (κ3) is 2.58. The van der Waals surface area contributed by atoms with Gasteiger partial charge in [0.15, 0.2) is 0 Å². The van der Waals surface area contributed by atoms with Crippen molar-refractivity contribution < 1.29 is 9.21 Å². The topological polar surface area (TPSA) is 83.8 Å². The monoisotopic (exact) mass is 248 g/mol. The van der Waals surface area contributed by atoms with Gasteiger partial charge in [0.2, 0.25) is 5.89 Å². The Balaban J connectivity index is 2.02. The summed E-state index contributed by atoms with van der Waals surface area (Å²) < 4.78 is 5.35. The lowest BCUT2D eigenvalue weighted by molar-refractivity contribution is 0.0929. The number of H-pyrrole nitrogens is 1. The van der Waals surface area contributed by atoms with E-state index in [1.54, 1.807) is 12.3 Å². The highest BCUT2D eigenvalue weighted by Crippen LogP contribution is 2.12. The predicted octanol–water partition coefficient (Wildman–Crippen LogP) is 1.76. The Hall–Kier alpha value is -2.11. The van der Waals surface area contributed by atoms with Gasteiger partial charge in [0.1, 0.15) is 17.5 Å². The number of aryl methyl sites for hydroxylation is 2. The molecule has 6 heteroatoms. The standard InChI is InChI=1S/C12H16N4O2/c1-4-9-5-10(16-15-9)11(17)14-8(3)12-13-6-7(2)18-12/h5-6,8H,4H2,1-3H3,(H,14,17)(H,15,16). The Kier molecular flexibility index (Phi) is 3.45. The molecule has 0 spiro atoms. The van der Waals surface area contributed by atoms with Crippen LogP contribution in [0.25, 0.3) is 0 Å². The third-order valence-corrected chi connectivity index (χ3v) is 2.60. The minimum absolute atomic E-state index is 0.241. The van der Waals surface area contributed by atoms with E-state index in [0.717, 1.165) is 17.9 Å². The molecular weight excluding hydrogens is 232 g/mol. The quantitative estimate of drug-likeness (QED) is 0.863. The van der Waals surface area contributed by atoms with Gasteiger partial charge in [-0.25, -0.2) is 4.98 Å². The largest absolute Gasteiger partial charge is 0.444 e. The van der Waals surface area contributed by atoms with Gasteiger partial charge < -0.3 is 9.73 Å². The molecule has 96 valence electrons. The van der Waals surface area contributed by atoms with Gasteiger partial charge in [-0.1, -0.05) is 6.92 Å². The van der Waals surface area contributed by atoms with Crippen LogP contribution in [-0.4, -0.2) is 21.1 Å². The maximum Gasteiger partial charge on any atom is 0.272 e. The van der Waals surface area contributed by atoms with E-state index in [2.05, 4.69) is 20.5 Å². The SMILES string of the molecule is CCc1cc(C(=O)NC(C)c2ncc(C)o2)n[nH]1. The van der Waals surface area contributed by atoms with Crippen LogP contribution < -0.4 is 5.32 Å². The average molecular weight is 248 g/mol. The maximum atomic E-state index is 11.9. The zero-order chi connectivity index (χ0) is 13.1. The van der Waals surface area contributed by atoms with Gasteiger partial charge in [-0.05, 0) is 26.3 Å². The van der Waals surface area contributed by atoms with Crippen molar-refractivity contribution in [2.75, 3.05) is 0 Å². The molecule has 2 aromatic heterocycles. The second-order valence-corrected chi connectivity index (χ2v) is 4.14. The predicted molar refractivity (Wildman–Crippen MR) is 65.1 cm³/mol. The minimum atomic E-state index is -0.284. The van der Waals surface area contributed by atoms with Gasteiger partial charge in [0, 0.05) is 5.69 Å². The Morgan fingerprint density at radius 2 is 2.39 bits per heavy atom. The highest BCUT2D eigenvalue weighted by Gasteiger charge is 2.17. The second-order valence-electron chi connectivity index (χ2n) is 4.14. The first-order valence-corrected chi connectivity index (χ1v) is 5.87. The van der Waals surface area contributed by atoms with E-state index in [4.69, 9.17) is 4.42 Å². The number of nitrogens with one attached hydrogen (secondary N) is 2. The summed E-state index contributed by atoms with van der Waals surface area (Å²) in [6.45, 7) is 5.62. The van der Waals surface area contributed by atoms with E-state index in [1.807, 2.05) is 20.8 Å². The molecule has 2 aromatic rings. The maximum absolute atomic E-state index is 11.9. The number of aromatic nitrogens is 3. The number of oxazole rings is 1. The molecule has 0 aliphatic rings. The van der Waals surface area contributed by atoms with Gasteiger partial charge in [-0.15, -0.1) is 0 Å². The lowest BCUT2D eigenvalue weighted by Gasteiger charge is -2.08. The fraction of sp³-hybridized carbons (Fsp3) is 0.417. The Labute approximate surface area is 105 Å². The molecule has 1 amide bonds. The van der Waals surface area contributed by atoms with Gasteiger partial charge in [-0.2, -0.15) is 5.10 Å². The first-order chi connectivity index (χ1) is 8.60. The van der Waals surface area contributed by atoms with Crippen LogP contribution in [0, 0.1) is 6.92 Å². The highest BCUT2D eigenvalue weighted by molar-refractivity contribution is 5.92. The molecule has 0 aromatic carbocycles. The first-order valence-electron chi connectivity index (χ1n) is 5.87. The first kappa shape index (κ1) is 12.3.